The zero-order valence-electron chi connectivity index (χ0n) is 18.7. The Morgan fingerprint density at radius 2 is 1.81 bits per heavy atom. The zero-order valence-corrected chi connectivity index (χ0v) is 18.7. The van der Waals surface area contributed by atoms with Crippen molar-refractivity contribution in [2.75, 3.05) is 27.3 Å². The van der Waals surface area contributed by atoms with Crippen LogP contribution in [0.4, 0.5) is 0 Å². The predicted molar refractivity (Wildman–Crippen MR) is 120 cm³/mol. The summed E-state index contributed by atoms with van der Waals surface area (Å²) in [4.78, 5) is 15.1. The van der Waals surface area contributed by atoms with Crippen LogP contribution in [0.2, 0.25) is 0 Å². The number of carbonyl (C=O) groups is 1. The van der Waals surface area contributed by atoms with Crippen LogP contribution in [-0.4, -0.2) is 43.2 Å². The van der Waals surface area contributed by atoms with E-state index in [0.717, 1.165) is 17.5 Å². The molecule has 0 spiro atoms. The summed E-state index contributed by atoms with van der Waals surface area (Å²) in [5, 5.41) is 21.4. The van der Waals surface area contributed by atoms with Crippen LogP contribution in [0.5, 0.6) is 11.5 Å². The number of nitrogens with zero attached hydrogens (tertiary/aromatic N) is 2. The molecule has 4 atom stereocenters. The third-order valence-corrected chi connectivity index (χ3v) is 7.13. The van der Waals surface area contributed by atoms with Crippen LogP contribution in [0.1, 0.15) is 30.4 Å². The Labute approximate surface area is 189 Å². The van der Waals surface area contributed by atoms with E-state index >= 15 is 0 Å². The van der Waals surface area contributed by atoms with Gasteiger partial charge in [0.15, 0.2) is 0 Å². The number of hydrogen-bond acceptors (Lipinski definition) is 5. The molecule has 1 aliphatic heterocycles. The summed E-state index contributed by atoms with van der Waals surface area (Å²) < 4.78 is 11.0. The topological polar surface area (TPSA) is 82.8 Å². The van der Waals surface area contributed by atoms with E-state index in [1.54, 1.807) is 14.2 Å². The number of rotatable bonds is 6. The van der Waals surface area contributed by atoms with E-state index in [4.69, 9.17) is 9.47 Å². The molecule has 32 heavy (non-hydrogen) atoms. The molecule has 2 fully saturated rings. The number of benzene rings is 2. The molecule has 0 radical (unpaired) electrons. The van der Waals surface area contributed by atoms with Crippen molar-refractivity contribution in [2.45, 2.75) is 31.3 Å². The van der Waals surface area contributed by atoms with Crippen molar-refractivity contribution in [3.63, 3.8) is 0 Å². The fraction of sp³-hybridized carbons (Fsp3) is 0.462. The molecule has 168 valence electrons. The molecule has 2 aliphatic rings. The molecule has 2 aromatic rings. The lowest BCUT2D eigenvalue weighted by Gasteiger charge is -2.45. The highest BCUT2D eigenvalue weighted by Crippen LogP contribution is 2.52. The number of likely N-dealkylation sites (tertiary alicyclic amines) is 1. The lowest BCUT2D eigenvalue weighted by Crippen LogP contribution is -2.46. The van der Waals surface area contributed by atoms with Crippen molar-refractivity contribution < 1.29 is 19.4 Å². The Balaban J connectivity index is 1.61. The number of ether oxygens (including phenoxy) is 2. The van der Waals surface area contributed by atoms with Crippen molar-refractivity contribution in [1.29, 1.82) is 5.26 Å². The molecule has 0 unspecified atom stereocenters. The third-order valence-electron chi connectivity index (χ3n) is 7.13. The van der Waals surface area contributed by atoms with Crippen molar-refractivity contribution in [2.24, 2.45) is 17.8 Å². The molecule has 1 saturated heterocycles. The van der Waals surface area contributed by atoms with Crippen LogP contribution < -0.4 is 9.47 Å². The van der Waals surface area contributed by atoms with Gasteiger partial charge in [0.2, 0.25) is 5.91 Å². The molecule has 1 amide bonds. The highest BCUT2D eigenvalue weighted by Gasteiger charge is 2.53. The minimum Gasteiger partial charge on any atom is -0.496 e. The van der Waals surface area contributed by atoms with E-state index in [1.165, 1.54) is 0 Å². The number of aliphatic hydroxyl groups is 1. The highest BCUT2D eigenvalue weighted by atomic mass is 16.5. The van der Waals surface area contributed by atoms with Crippen LogP contribution >= 0.6 is 0 Å². The highest BCUT2D eigenvalue weighted by molar-refractivity contribution is 5.80. The number of fused-ring (bicyclic) bond motifs is 1. The van der Waals surface area contributed by atoms with E-state index < -0.39 is 5.60 Å². The molecule has 6 nitrogen and oxygen atoms in total. The first kappa shape index (κ1) is 22.2. The number of para-hydroxylation sites is 2. The summed E-state index contributed by atoms with van der Waals surface area (Å²) in [7, 11) is 3.21. The Hall–Kier alpha value is -3.04. The number of methoxy groups -OCH3 is 2. The molecule has 0 aromatic heterocycles. The van der Waals surface area contributed by atoms with Gasteiger partial charge in [0.05, 0.1) is 32.3 Å². The fourth-order valence-electron chi connectivity index (χ4n) is 5.68. The van der Waals surface area contributed by atoms with Crippen molar-refractivity contribution in [3.05, 3.63) is 59.7 Å². The maximum Gasteiger partial charge on any atom is 0.227 e. The average Bonchev–Trinajstić information content (AvgIpc) is 3.25. The molecule has 1 N–H and O–H groups in total. The minimum atomic E-state index is -1.14. The number of hydrogen-bond donors (Lipinski definition) is 1. The summed E-state index contributed by atoms with van der Waals surface area (Å²) in [5.74, 6) is 1.50. The monoisotopic (exact) mass is 434 g/mol. The quantitative estimate of drug-likeness (QED) is 0.752. The molecule has 1 aliphatic carbocycles. The van der Waals surface area contributed by atoms with E-state index in [0.29, 0.717) is 37.4 Å². The summed E-state index contributed by atoms with van der Waals surface area (Å²) in [5.41, 5.74) is 0.465. The van der Waals surface area contributed by atoms with Gasteiger partial charge in [0, 0.05) is 36.6 Å². The smallest absolute Gasteiger partial charge is 0.227 e. The van der Waals surface area contributed by atoms with Crippen molar-refractivity contribution >= 4 is 5.91 Å². The molecule has 2 aromatic carbocycles. The molecule has 4 rings (SSSR count). The predicted octanol–water partition coefficient (Wildman–Crippen LogP) is 3.53. The average molecular weight is 435 g/mol. The van der Waals surface area contributed by atoms with Gasteiger partial charge in [-0.25, -0.2) is 0 Å². The van der Waals surface area contributed by atoms with Crippen LogP contribution in [0.3, 0.4) is 0 Å². The molecule has 6 heteroatoms. The van der Waals surface area contributed by atoms with Crippen LogP contribution in [0.25, 0.3) is 0 Å². The standard InChI is InChI=1S/C26H30N2O4/c1-31-23-9-5-3-7-19(23)14-25(29)28-16-20-13-18(11-12-27)15-26(30,22(20)17-28)21-8-4-6-10-24(21)32-2/h3-10,18,20,22,30H,11,13-17H2,1-2H3/t18-,20+,22-,26-/m1/s1. The first-order valence-corrected chi connectivity index (χ1v) is 11.1. The summed E-state index contributed by atoms with van der Waals surface area (Å²) in [6.45, 7) is 1.09. The Kier molecular flexibility index (Phi) is 6.38. The van der Waals surface area contributed by atoms with E-state index in [9.17, 15) is 15.2 Å². The van der Waals surface area contributed by atoms with Crippen LogP contribution in [0.15, 0.2) is 48.5 Å². The lowest BCUT2D eigenvalue weighted by molar-refractivity contribution is -0.130. The zero-order chi connectivity index (χ0) is 22.7. The van der Waals surface area contributed by atoms with E-state index in [-0.39, 0.29) is 30.1 Å². The van der Waals surface area contributed by atoms with Crippen LogP contribution in [0, 0.1) is 29.1 Å². The van der Waals surface area contributed by atoms with Gasteiger partial charge >= 0.3 is 0 Å². The van der Waals surface area contributed by atoms with Gasteiger partial charge in [-0.3, -0.25) is 4.79 Å². The second-order valence-corrected chi connectivity index (χ2v) is 8.95. The Morgan fingerprint density at radius 3 is 2.53 bits per heavy atom. The molecule has 0 bridgehead atoms. The minimum absolute atomic E-state index is 0.0307. The Bertz CT molecular complexity index is 1020. The molecular weight excluding hydrogens is 404 g/mol. The normalized spacial score (nSPS) is 26.8. The summed E-state index contributed by atoms with van der Waals surface area (Å²) >= 11 is 0. The van der Waals surface area contributed by atoms with Crippen molar-refractivity contribution in [1.82, 2.24) is 4.90 Å². The number of carbonyl (C=O) groups excluding carboxylic acids is 1. The van der Waals surface area contributed by atoms with Gasteiger partial charge in [0.1, 0.15) is 11.5 Å². The van der Waals surface area contributed by atoms with Gasteiger partial charge < -0.3 is 19.5 Å². The lowest BCUT2D eigenvalue weighted by atomic mass is 9.63. The maximum atomic E-state index is 13.2. The second-order valence-electron chi connectivity index (χ2n) is 8.95. The first-order chi connectivity index (χ1) is 15.5. The summed E-state index contributed by atoms with van der Waals surface area (Å²) in [6.07, 6.45) is 2.00. The number of nitriles is 1. The van der Waals surface area contributed by atoms with E-state index in [2.05, 4.69) is 6.07 Å². The van der Waals surface area contributed by atoms with Crippen molar-refractivity contribution in [3.8, 4) is 17.6 Å². The first-order valence-electron chi connectivity index (χ1n) is 11.1. The van der Waals surface area contributed by atoms with E-state index in [1.807, 2.05) is 53.4 Å². The SMILES string of the molecule is COc1ccccc1CC(=O)N1C[C@@H]2C[C@@H](CC#N)C[C@@](O)(c3ccccc3OC)[C@@H]2C1. The fourth-order valence-corrected chi connectivity index (χ4v) is 5.68. The van der Waals surface area contributed by atoms with Crippen LogP contribution in [-0.2, 0) is 16.8 Å². The maximum absolute atomic E-state index is 13.2. The largest absolute Gasteiger partial charge is 0.496 e. The van der Waals surface area contributed by atoms with Gasteiger partial charge in [0.25, 0.3) is 0 Å². The number of amides is 1. The molecule has 1 heterocycles. The second kappa shape index (κ2) is 9.22. The molecular formula is C26H30N2O4. The van der Waals surface area contributed by atoms with Gasteiger partial charge in [-0.2, -0.15) is 5.26 Å². The van der Waals surface area contributed by atoms with Gasteiger partial charge in [-0.1, -0.05) is 36.4 Å². The third kappa shape index (κ3) is 4.05. The summed E-state index contributed by atoms with van der Waals surface area (Å²) in [6, 6.07) is 17.4. The Morgan fingerprint density at radius 1 is 1.12 bits per heavy atom. The van der Waals surface area contributed by atoms with Gasteiger partial charge in [-0.15, -0.1) is 0 Å². The molecule has 1 saturated carbocycles. The van der Waals surface area contributed by atoms with Gasteiger partial charge in [-0.05, 0) is 36.8 Å².